The van der Waals surface area contributed by atoms with Crippen molar-refractivity contribution in [2.75, 3.05) is 13.1 Å². The number of hydrogen-bond donors (Lipinski definition) is 0. The number of benzene rings is 2. The summed E-state index contributed by atoms with van der Waals surface area (Å²) < 4.78 is 32.2. The Hall–Kier alpha value is -2.78. The second kappa shape index (κ2) is 8.30. The molecule has 0 amide bonds. The summed E-state index contributed by atoms with van der Waals surface area (Å²) in [6.45, 7) is 4.20. The van der Waals surface area contributed by atoms with Crippen LogP contribution in [0.2, 0.25) is 0 Å². The lowest BCUT2D eigenvalue weighted by Crippen LogP contribution is -2.28. The van der Waals surface area contributed by atoms with Gasteiger partial charge in [-0.2, -0.15) is 4.31 Å². The van der Waals surface area contributed by atoms with Gasteiger partial charge in [0, 0.05) is 24.7 Å². The molecule has 0 radical (unpaired) electrons. The van der Waals surface area contributed by atoms with Gasteiger partial charge in [0.25, 0.3) is 0 Å². The van der Waals surface area contributed by atoms with Gasteiger partial charge in [-0.15, -0.1) is 0 Å². The monoisotopic (exact) mass is 418 g/mol. The van der Waals surface area contributed by atoms with E-state index in [0.29, 0.717) is 18.7 Å². The van der Waals surface area contributed by atoms with Crippen molar-refractivity contribution in [3.8, 4) is 5.75 Å². The van der Waals surface area contributed by atoms with E-state index in [0.717, 1.165) is 24.5 Å². The zero-order chi connectivity index (χ0) is 21.2. The predicted octanol–water partition coefficient (Wildman–Crippen LogP) is 3.34. The Morgan fingerprint density at radius 2 is 1.76 bits per heavy atom. The van der Waals surface area contributed by atoms with Crippen molar-refractivity contribution in [1.82, 2.24) is 4.31 Å². The predicted molar refractivity (Wildman–Crippen MR) is 107 cm³/mol. The summed E-state index contributed by atoms with van der Waals surface area (Å²) in [5, 5.41) is 11.5. The molecular weight excluding hydrogens is 396 g/mol. The Bertz CT molecular complexity index is 1030. The molecule has 0 bridgehead atoms. The highest BCUT2D eigenvalue weighted by Crippen LogP contribution is 2.32. The number of ketones is 1. The fourth-order valence-corrected chi connectivity index (χ4v) is 4.71. The zero-order valence-corrected chi connectivity index (χ0v) is 17.0. The number of aryl methyl sites for hydroxylation is 1. The van der Waals surface area contributed by atoms with Crippen LogP contribution in [0.4, 0.5) is 5.69 Å². The van der Waals surface area contributed by atoms with Gasteiger partial charge in [-0.3, -0.25) is 14.9 Å². The van der Waals surface area contributed by atoms with Crippen LogP contribution in [0.25, 0.3) is 0 Å². The molecule has 0 unspecified atom stereocenters. The molecule has 2 aromatic rings. The van der Waals surface area contributed by atoms with Crippen molar-refractivity contribution >= 4 is 21.5 Å². The number of Topliss-reactive ketones (excluding diaryl/α,β-unsaturated/α-hetero) is 1. The summed E-state index contributed by atoms with van der Waals surface area (Å²) in [7, 11) is -3.80. The maximum absolute atomic E-state index is 12.7. The first-order chi connectivity index (χ1) is 13.7. The normalized spacial score (nSPS) is 15.8. The van der Waals surface area contributed by atoms with Gasteiger partial charge in [0.15, 0.2) is 11.9 Å². The Morgan fingerprint density at radius 1 is 1.14 bits per heavy atom. The van der Waals surface area contributed by atoms with Crippen LogP contribution in [-0.4, -0.2) is 42.6 Å². The Morgan fingerprint density at radius 3 is 2.34 bits per heavy atom. The Balaban J connectivity index is 1.86. The highest BCUT2D eigenvalue weighted by molar-refractivity contribution is 7.89. The van der Waals surface area contributed by atoms with E-state index in [-0.39, 0.29) is 16.4 Å². The van der Waals surface area contributed by atoms with Gasteiger partial charge >= 0.3 is 5.69 Å². The minimum Gasteiger partial charge on any atom is -0.475 e. The second-order valence-corrected chi connectivity index (χ2v) is 8.93. The molecule has 1 fully saturated rings. The molecule has 1 atom stereocenters. The minimum absolute atomic E-state index is 0.150. The smallest absolute Gasteiger partial charge is 0.312 e. The molecule has 154 valence electrons. The summed E-state index contributed by atoms with van der Waals surface area (Å²) in [5.74, 6) is -0.476. The number of carbonyl (C=O) groups is 1. The SMILES string of the molecule is Cc1ccc(C(=O)[C@H](C)Oc2ccc(S(=O)(=O)N3CCCC3)cc2[N+](=O)[O-])cc1. The molecule has 9 heteroatoms. The summed E-state index contributed by atoms with van der Waals surface area (Å²) in [4.78, 5) is 23.2. The third-order valence-electron chi connectivity index (χ3n) is 4.84. The van der Waals surface area contributed by atoms with Crippen LogP contribution in [0, 0.1) is 17.0 Å². The van der Waals surface area contributed by atoms with Crippen molar-refractivity contribution in [3.05, 3.63) is 63.7 Å². The zero-order valence-electron chi connectivity index (χ0n) is 16.2. The molecule has 0 spiro atoms. The number of ether oxygens (including phenoxy) is 1. The Kier molecular flexibility index (Phi) is 5.99. The average Bonchev–Trinajstić information content (AvgIpc) is 3.23. The number of carbonyl (C=O) groups excluding carboxylic acids is 1. The van der Waals surface area contributed by atoms with E-state index in [1.165, 1.54) is 23.4 Å². The minimum atomic E-state index is -3.80. The van der Waals surface area contributed by atoms with E-state index in [9.17, 15) is 23.3 Å². The molecule has 1 heterocycles. The Labute approximate surface area is 169 Å². The van der Waals surface area contributed by atoms with Crippen LogP contribution < -0.4 is 4.74 Å². The number of sulfonamides is 1. The lowest BCUT2D eigenvalue weighted by molar-refractivity contribution is -0.386. The van der Waals surface area contributed by atoms with E-state index in [4.69, 9.17) is 4.74 Å². The van der Waals surface area contributed by atoms with Gasteiger partial charge < -0.3 is 4.74 Å². The third-order valence-corrected chi connectivity index (χ3v) is 6.73. The lowest BCUT2D eigenvalue weighted by Gasteiger charge is -2.17. The standard InChI is InChI=1S/C20H22N2O6S/c1-14-5-7-16(8-6-14)20(23)15(2)28-19-10-9-17(13-18(19)22(24)25)29(26,27)21-11-3-4-12-21/h5-10,13,15H,3-4,11-12H2,1-2H3/t15-/m0/s1. The first-order valence-corrected chi connectivity index (χ1v) is 10.7. The molecule has 2 aromatic carbocycles. The van der Waals surface area contributed by atoms with Gasteiger partial charge in [0.05, 0.1) is 9.82 Å². The molecule has 1 saturated heterocycles. The molecule has 29 heavy (non-hydrogen) atoms. The lowest BCUT2D eigenvalue weighted by atomic mass is 10.1. The van der Waals surface area contributed by atoms with Crippen LogP contribution in [0.3, 0.4) is 0 Å². The maximum Gasteiger partial charge on any atom is 0.312 e. The number of hydrogen-bond acceptors (Lipinski definition) is 6. The number of nitrogens with zero attached hydrogens (tertiary/aromatic N) is 2. The van der Waals surface area contributed by atoms with E-state index in [1.54, 1.807) is 24.3 Å². The van der Waals surface area contributed by atoms with Crippen LogP contribution in [0.5, 0.6) is 5.75 Å². The van der Waals surface area contributed by atoms with Crippen molar-refractivity contribution in [3.63, 3.8) is 0 Å². The second-order valence-electron chi connectivity index (χ2n) is 6.99. The summed E-state index contributed by atoms with van der Waals surface area (Å²) >= 11 is 0. The largest absolute Gasteiger partial charge is 0.475 e. The van der Waals surface area contributed by atoms with Gasteiger partial charge in [-0.25, -0.2) is 8.42 Å². The fourth-order valence-electron chi connectivity index (χ4n) is 3.17. The van der Waals surface area contributed by atoms with Crippen LogP contribution in [0.15, 0.2) is 47.4 Å². The highest BCUT2D eigenvalue weighted by Gasteiger charge is 2.30. The first kappa shape index (κ1) is 20.9. The van der Waals surface area contributed by atoms with Crippen LogP contribution in [-0.2, 0) is 10.0 Å². The van der Waals surface area contributed by atoms with Crippen molar-refractivity contribution < 1.29 is 22.9 Å². The summed E-state index contributed by atoms with van der Waals surface area (Å²) in [5.41, 5.74) is 0.938. The molecule has 1 aliphatic heterocycles. The summed E-state index contributed by atoms with van der Waals surface area (Å²) in [6.07, 6.45) is 0.555. The molecule has 0 N–H and O–H groups in total. The van der Waals surface area contributed by atoms with E-state index in [2.05, 4.69) is 0 Å². The number of rotatable bonds is 7. The molecular formula is C20H22N2O6S. The molecule has 0 saturated carbocycles. The quantitative estimate of drug-likeness (QED) is 0.388. The molecule has 3 rings (SSSR count). The first-order valence-electron chi connectivity index (χ1n) is 9.26. The number of nitro groups is 1. The average molecular weight is 418 g/mol. The third kappa shape index (κ3) is 4.46. The van der Waals surface area contributed by atoms with Crippen molar-refractivity contribution in [1.29, 1.82) is 0 Å². The van der Waals surface area contributed by atoms with Gasteiger partial charge in [-0.1, -0.05) is 29.8 Å². The molecule has 0 aromatic heterocycles. The van der Waals surface area contributed by atoms with Gasteiger partial charge in [0.1, 0.15) is 0 Å². The number of nitro benzene ring substituents is 1. The van der Waals surface area contributed by atoms with Gasteiger partial charge in [0.2, 0.25) is 15.8 Å². The van der Waals surface area contributed by atoms with E-state index in [1.807, 2.05) is 6.92 Å². The van der Waals surface area contributed by atoms with Crippen molar-refractivity contribution in [2.24, 2.45) is 0 Å². The van der Waals surface area contributed by atoms with E-state index < -0.39 is 26.7 Å². The maximum atomic E-state index is 12.7. The topological polar surface area (TPSA) is 107 Å². The molecule has 8 nitrogen and oxygen atoms in total. The van der Waals surface area contributed by atoms with Gasteiger partial charge in [-0.05, 0) is 38.8 Å². The van der Waals surface area contributed by atoms with Crippen LogP contribution in [0.1, 0.15) is 35.7 Å². The van der Waals surface area contributed by atoms with Crippen LogP contribution >= 0.6 is 0 Å². The molecule has 0 aliphatic carbocycles. The van der Waals surface area contributed by atoms with E-state index >= 15 is 0 Å². The highest BCUT2D eigenvalue weighted by atomic mass is 32.2. The molecule has 1 aliphatic rings. The fraction of sp³-hybridized carbons (Fsp3) is 0.350. The van der Waals surface area contributed by atoms with Crippen molar-refractivity contribution in [2.45, 2.75) is 37.7 Å². The summed E-state index contributed by atoms with van der Waals surface area (Å²) in [6, 6.07) is 10.4.